The highest BCUT2D eigenvalue weighted by Crippen LogP contribution is 2.25. The molecular weight excluding hydrogens is 406 g/mol. The summed E-state index contributed by atoms with van der Waals surface area (Å²) in [5.41, 5.74) is 2.12. The van der Waals surface area contributed by atoms with E-state index < -0.39 is 0 Å². The van der Waals surface area contributed by atoms with Crippen LogP contribution in [0.25, 0.3) is 16.6 Å². The highest BCUT2D eigenvalue weighted by atomic mass is 35.5. The fourth-order valence-corrected chi connectivity index (χ4v) is 4.70. The Morgan fingerprint density at radius 3 is 2.66 bits per heavy atom. The number of amides is 1. The van der Waals surface area contributed by atoms with E-state index >= 15 is 0 Å². The van der Waals surface area contributed by atoms with Gasteiger partial charge < -0.3 is 4.90 Å². The Labute approximate surface area is 178 Å². The number of nitrogens with zero attached hydrogens (tertiary/aromatic N) is 3. The second kappa shape index (κ2) is 8.59. The molecule has 29 heavy (non-hydrogen) atoms. The number of halogens is 1. The van der Waals surface area contributed by atoms with Crippen LogP contribution in [0, 0.1) is 6.92 Å². The van der Waals surface area contributed by atoms with Crippen LogP contribution in [0.15, 0.2) is 52.4 Å². The number of aryl methyl sites for hydroxylation is 1. The van der Waals surface area contributed by atoms with E-state index in [2.05, 4.69) is 0 Å². The van der Waals surface area contributed by atoms with E-state index in [1.165, 1.54) is 18.2 Å². The molecular formula is C22H22ClN3O2S. The van der Waals surface area contributed by atoms with Crippen LogP contribution in [0.4, 0.5) is 0 Å². The minimum atomic E-state index is -0.158. The van der Waals surface area contributed by atoms with Crippen LogP contribution >= 0.6 is 23.4 Å². The predicted octanol–water partition coefficient (Wildman–Crippen LogP) is 4.45. The fraction of sp³-hybridized carbons (Fsp3) is 0.318. The van der Waals surface area contributed by atoms with E-state index in [-0.39, 0.29) is 17.2 Å². The smallest absolute Gasteiger partial charge is 0.266 e. The molecule has 1 aliphatic rings. The lowest BCUT2D eigenvalue weighted by atomic mass is 10.1. The van der Waals surface area contributed by atoms with Crippen molar-refractivity contribution >= 4 is 40.2 Å². The standard InChI is InChI=1S/C22H22ClN3O2S/c1-15-7-3-4-8-19(15)26-21(28)17-10-9-16(23)13-18(17)24-22(26)29-14-20(27)25-11-5-2-6-12-25/h3-4,7-10,13H,2,5-6,11-12,14H2,1H3. The molecule has 0 aliphatic carbocycles. The van der Waals surface area contributed by atoms with Gasteiger partial charge in [-0.25, -0.2) is 4.98 Å². The highest BCUT2D eigenvalue weighted by molar-refractivity contribution is 7.99. The number of likely N-dealkylation sites (tertiary alicyclic amines) is 1. The maximum atomic E-state index is 13.3. The Morgan fingerprint density at radius 1 is 1.14 bits per heavy atom. The molecule has 150 valence electrons. The van der Waals surface area contributed by atoms with E-state index in [0.29, 0.717) is 21.1 Å². The topological polar surface area (TPSA) is 55.2 Å². The summed E-state index contributed by atoms with van der Waals surface area (Å²) in [5, 5.41) is 1.53. The van der Waals surface area contributed by atoms with Crippen LogP contribution in [-0.4, -0.2) is 39.2 Å². The SMILES string of the molecule is Cc1ccccc1-n1c(SCC(=O)N2CCCCC2)nc2cc(Cl)ccc2c1=O. The molecule has 1 amide bonds. The number of hydrogen-bond acceptors (Lipinski definition) is 4. The van der Waals surface area contributed by atoms with Crippen molar-refractivity contribution in [3.05, 3.63) is 63.4 Å². The van der Waals surface area contributed by atoms with Gasteiger partial charge in [0.15, 0.2) is 5.16 Å². The van der Waals surface area contributed by atoms with E-state index in [9.17, 15) is 9.59 Å². The summed E-state index contributed by atoms with van der Waals surface area (Å²) in [7, 11) is 0. The summed E-state index contributed by atoms with van der Waals surface area (Å²) < 4.78 is 1.61. The molecule has 4 rings (SSSR count). The number of para-hydroxylation sites is 1. The van der Waals surface area contributed by atoms with Crippen molar-refractivity contribution in [2.24, 2.45) is 0 Å². The van der Waals surface area contributed by atoms with Crippen molar-refractivity contribution in [3.8, 4) is 5.69 Å². The van der Waals surface area contributed by atoms with Crippen LogP contribution in [-0.2, 0) is 4.79 Å². The molecule has 1 saturated heterocycles. The van der Waals surface area contributed by atoms with Crippen molar-refractivity contribution in [1.82, 2.24) is 14.5 Å². The quantitative estimate of drug-likeness (QED) is 0.456. The zero-order valence-corrected chi connectivity index (χ0v) is 17.8. The number of fused-ring (bicyclic) bond motifs is 1. The number of carbonyl (C=O) groups excluding carboxylic acids is 1. The van der Waals surface area contributed by atoms with Gasteiger partial charge in [-0.1, -0.05) is 41.6 Å². The molecule has 2 aromatic carbocycles. The first kappa shape index (κ1) is 20.0. The lowest BCUT2D eigenvalue weighted by Gasteiger charge is -2.26. The van der Waals surface area contributed by atoms with Gasteiger partial charge in [-0.3, -0.25) is 14.2 Å². The monoisotopic (exact) mass is 427 g/mol. The largest absolute Gasteiger partial charge is 0.342 e. The number of hydrogen-bond donors (Lipinski definition) is 0. The average Bonchev–Trinajstić information content (AvgIpc) is 2.73. The molecule has 2 heterocycles. The molecule has 1 aromatic heterocycles. The van der Waals surface area contributed by atoms with E-state index in [4.69, 9.17) is 16.6 Å². The molecule has 1 aliphatic heterocycles. The van der Waals surface area contributed by atoms with E-state index in [0.717, 1.165) is 37.2 Å². The molecule has 0 N–H and O–H groups in total. The second-order valence-electron chi connectivity index (χ2n) is 7.21. The Bertz CT molecular complexity index is 1120. The predicted molar refractivity (Wildman–Crippen MR) is 118 cm³/mol. The van der Waals surface area contributed by atoms with E-state index in [1.54, 1.807) is 22.8 Å². The van der Waals surface area contributed by atoms with Crippen LogP contribution in [0.5, 0.6) is 0 Å². The third-order valence-electron chi connectivity index (χ3n) is 5.19. The molecule has 1 fully saturated rings. The minimum absolute atomic E-state index is 0.0893. The molecule has 0 spiro atoms. The van der Waals surface area contributed by atoms with Gasteiger partial charge in [0.25, 0.3) is 5.56 Å². The van der Waals surface area contributed by atoms with Crippen molar-refractivity contribution in [3.63, 3.8) is 0 Å². The highest BCUT2D eigenvalue weighted by Gasteiger charge is 2.20. The van der Waals surface area contributed by atoms with Crippen LogP contribution < -0.4 is 5.56 Å². The summed E-state index contributed by atoms with van der Waals surface area (Å²) >= 11 is 7.42. The maximum Gasteiger partial charge on any atom is 0.266 e. The number of rotatable bonds is 4. The van der Waals surface area contributed by atoms with Gasteiger partial charge in [0.1, 0.15) is 0 Å². The zero-order chi connectivity index (χ0) is 20.4. The second-order valence-corrected chi connectivity index (χ2v) is 8.59. The van der Waals surface area contributed by atoms with Crippen molar-refractivity contribution < 1.29 is 4.79 Å². The van der Waals surface area contributed by atoms with Gasteiger partial charge in [-0.05, 0) is 56.0 Å². The summed E-state index contributed by atoms with van der Waals surface area (Å²) in [6.45, 7) is 3.58. The van der Waals surface area contributed by atoms with Crippen molar-refractivity contribution in [2.75, 3.05) is 18.8 Å². The van der Waals surface area contributed by atoms with Gasteiger partial charge in [-0.2, -0.15) is 0 Å². The van der Waals surface area contributed by atoms with Gasteiger partial charge >= 0.3 is 0 Å². The van der Waals surface area contributed by atoms with Crippen molar-refractivity contribution in [1.29, 1.82) is 0 Å². The molecule has 5 nitrogen and oxygen atoms in total. The third-order valence-corrected chi connectivity index (χ3v) is 6.35. The summed E-state index contributed by atoms with van der Waals surface area (Å²) in [6, 6.07) is 12.8. The molecule has 7 heteroatoms. The lowest BCUT2D eigenvalue weighted by molar-refractivity contribution is -0.129. The zero-order valence-electron chi connectivity index (χ0n) is 16.2. The molecule has 0 bridgehead atoms. The molecule has 0 unspecified atom stereocenters. The van der Waals surface area contributed by atoms with E-state index in [1.807, 2.05) is 36.1 Å². The van der Waals surface area contributed by atoms with Crippen LogP contribution in [0.2, 0.25) is 5.02 Å². The first-order valence-corrected chi connectivity index (χ1v) is 11.1. The number of benzene rings is 2. The van der Waals surface area contributed by atoms with Crippen LogP contribution in [0.1, 0.15) is 24.8 Å². The number of aromatic nitrogens is 2. The number of thioether (sulfide) groups is 1. The molecule has 0 saturated carbocycles. The third kappa shape index (κ3) is 4.19. The van der Waals surface area contributed by atoms with Gasteiger partial charge in [0.2, 0.25) is 5.91 Å². The van der Waals surface area contributed by atoms with Crippen molar-refractivity contribution in [2.45, 2.75) is 31.3 Å². The Morgan fingerprint density at radius 2 is 1.90 bits per heavy atom. The summed E-state index contributed by atoms with van der Waals surface area (Å²) in [6.07, 6.45) is 3.28. The minimum Gasteiger partial charge on any atom is -0.342 e. The summed E-state index contributed by atoms with van der Waals surface area (Å²) in [5.74, 6) is 0.344. The Hall–Kier alpha value is -2.31. The fourth-order valence-electron chi connectivity index (χ4n) is 3.62. The normalized spacial score (nSPS) is 14.3. The Kier molecular flexibility index (Phi) is 5.92. The molecule has 0 radical (unpaired) electrons. The number of carbonyl (C=O) groups is 1. The molecule has 3 aromatic rings. The van der Waals surface area contributed by atoms with Crippen LogP contribution in [0.3, 0.4) is 0 Å². The molecule has 0 atom stereocenters. The first-order chi connectivity index (χ1) is 14.0. The van der Waals surface area contributed by atoms with Gasteiger partial charge in [0, 0.05) is 18.1 Å². The Balaban J connectivity index is 1.76. The maximum absolute atomic E-state index is 13.3. The van der Waals surface area contributed by atoms with Gasteiger partial charge in [0.05, 0.1) is 22.3 Å². The average molecular weight is 428 g/mol. The lowest BCUT2D eigenvalue weighted by Crippen LogP contribution is -2.36. The summed E-state index contributed by atoms with van der Waals surface area (Å²) in [4.78, 5) is 32.6. The number of piperidine rings is 1. The first-order valence-electron chi connectivity index (χ1n) is 9.73. The van der Waals surface area contributed by atoms with Gasteiger partial charge in [-0.15, -0.1) is 0 Å².